The fraction of sp³-hybridized carbons (Fsp3) is 0.429. The molecular formula is C14H20N4O2. The number of amides is 2. The number of carbonyl (C=O) groups excluding carboxylic acids is 2. The van der Waals surface area contributed by atoms with Crippen molar-refractivity contribution in [3.05, 3.63) is 23.8 Å². The van der Waals surface area contributed by atoms with E-state index in [1.165, 1.54) is 0 Å². The Bertz CT molecular complexity index is 524. The number of hydrogen-bond acceptors (Lipinski definition) is 4. The summed E-state index contributed by atoms with van der Waals surface area (Å²) >= 11 is 0. The molecule has 0 saturated carbocycles. The molecule has 1 aliphatic rings. The first-order chi connectivity index (χ1) is 9.50. The number of carbonyl (C=O) groups is 2. The van der Waals surface area contributed by atoms with Crippen molar-refractivity contribution in [3.8, 4) is 0 Å². The Hall–Kier alpha value is -2.24. The molecule has 0 bridgehead atoms. The van der Waals surface area contributed by atoms with Gasteiger partial charge in [0.2, 0.25) is 5.91 Å². The van der Waals surface area contributed by atoms with Gasteiger partial charge in [-0.05, 0) is 25.0 Å². The lowest BCUT2D eigenvalue weighted by atomic mass is 10.1. The number of nitrogen functional groups attached to an aromatic ring is 1. The van der Waals surface area contributed by atoms with E-state index in [1.54, 1.807) is 30.1 Å². The lowest BCUT2D eigenvalue weighted by molar-refractivity contribution is -0.128. The first-order valence-electron chi connectivity index (χ1n) is 6.68. The van der Waals surface area contributed by atoms with Crippen molar-refractivity contribution >= 4 is 23.2 Å². The Morgan fingerprint density at radius 2 is 1.95 bits per heavy atom. The second-order valence-electron chi connectivity index (χ2n) is 5.05. The standard InChI is InChI=1S/C14H20N4O2/c1-17(9-12(19)18-7-2-3-8-18)13-10(14(16)20)5-4-6-11(13)15/h4-6H,2-3,7-9,15H2,1H3,(H2,16,20). The maximum atomic E-state index is 12.1. The molecule has 0 unspecified atom stereocenters. The van der Waals surface area contributed by atoms with E-state index in [9.17, 15) is 9.59 Å². The summed E-state index contributed by atoms with van der Waals surface area (Å²) in [5.74, 6) is -0.503. The smallest absolute Gasteiger partial charge is 0.250 e. The summed E-state index contributed by atoms with van der Waals surface area (Å²) in [7, 11) is 1.74. The van der Waals surface area contributed by atoms with Gasteiger partial charge in [0.05, 0.1) is 23.5 Å². The zero-order chi connectivity index (χ0) is 14.7. The van der Waals surface area contributed by atoms with Gasteiger partial charge in [-0.15, -0.1) is 0 Å². The Balaban J connectivity index is 2.18. The molecule has 2 rings (SSSR count). The van der Waals surface area contributed by atoms with E-state index in [0.29, 0.717) is 16.9 Å². The fourth-order valence-corrected chi connectivity index (χ4v) is 2.53. The van der Waals surface area contributed by atoms with Gasteiger partial charge in [-0.25, -0.2) is 0 Å². The topological polar surface area (TPSA) is 92.7 Å². The van der Waals surface area contributed by atoms with E-state index in [-0.39, 0.29) is 12.5 Å². The predicted molar refractivity (Wildman–Crippen MR) is 78.5 cm³/mol. The third-order valence-corrected chi connectivity index (χ3v) is 3.55. The number of nitrogens with two attached hydrogens (primary N) is 2. The van der Waals surface area contributed by atoms with E-state index in [4.69, 9.17) is 11.5 Å². The predicted octanol–water partition coefficient (Wildman–Crippen LogP) is 0.426. The monoisotopic (exact) mass is 276 g/mol. The molecule has 0 spiro atoms. The molecule has 2 amide bonds. The van der Waals surface area contributed by atoms with Crippen molar-refractivity contribution in [2.75, 3.05) is 37.3 Å². The first kappa shape index (κ1) is 14.2. The van der Waals surface area contributed by atoms with Crippen LogP contribution < -0.4 is 16.4 Å². The van der Waals surface area contributed by atoms with Gasteiger partial charge >= 0.3 is 0 Å². The normalized spacial score (nSPS) is 14.3. The average molecular weight is 276 g/mol. The summed E-state index contributed by atoms with van der Waals surface area (Å²) in [6.07, 6.45) is 2.10. The van der Waals surface area contributed by atoms with Crippen LogP contribution in [-0.4, -0.2) is 43.4 Å². The van der Waals surface area contributed by atoms with Crippen LogP contribution in [0.15, 0.2) is 18.2 Å². The third kappa shape index (κ3) is 2.84. The molecule has 1 heterocycles. The number of primary amides is 1. The molecule has 1 aliphatic heterocycles. The van der Waals surface area contributed by atoms with Gasteiger partial charge in [-0.3, -0.25) is 9.59 Å². The maximum Gasteiger partial charge on any atom is 0.250 e. The molecule has 1 saturated heterocycles. The van der Waals surface area contributed by atoms with Crippen LogP contribution in [0.1, 0.15) is 23.2 Å². The van der Waals surface area contributed by atoms with Gasteiger partial charge in [-0.1, -0.05) is 6.07 Å². The van der Waals surface area contributed by atoms with E-state index in [1.807, 2.05) is 4.90 Å². The van der Waals surface area contributed by atoms with Crippen LogP contribution in [0.2, 0.25) is 0 Å². The number of nitrogens with zero attached hydrogens (tertiary/aromatic N) is 2. The highest BCUT2D eigenvalue weighted by Gasteiger charge is 2.22. The minimum Gasteiger partial charge on any atom is -0.397 e. The van der Waals surface area contributed by atoms with Gasteiger partial charge < -0.3 is 21.3 Å². The fourth-order valence-electron chi connectivity index (χ4n) is 2.53. The number of likely N-dealkylation sites (tertiary alicyclic amines) is 1. The van der Waals surface area contributed by atoms with Crippen LogP contribution in [0.5, 0.6) is 0 Å². The molecule has 1 aromatic rings. The van der Waals surface area contributed by atoms with Crippen molar-refractivity contribution in [2.24, 2.45) is 5.73 Å². The van der Waals surface area contributed by atoms with Gasteiger partial charge in [0, 0.05) is 20.1 Å². The average Bonchev–Trinajstić information content (AvgIpc) is 2.91. The number of anilines is 2. The summed E-state index contributed by atoms with van der Waals surface area (Å²) in [4.78, 5) is 27.1. The summed E-state index contributed by atoms with van der Waals surface area (Å²) < 4.78 is 0. The summed E-state index contributed by atoms with van der Waals surface area (Å²) in [5.41, 5.74) is 12.6. The van der Waals surface area contributed by atoms with Crippen molar-refractivity contribution in [2.45, 2.75) is 12.8 Å². The Kier molecular flexibility index (Phi) is 4.12. The van der Waals surface area contributed by atoms with Crippen LogP contribution in [0.4, 0.5) is 11.4 Å². The van der Waals surface area contributed by atoms with E-state index >= 15 is 0 Å². The second kappa shape index (κ2) is 5.81. The zero-order valence-electron chi connectivity index (χ0n) is 11.6. The van der Waals surface area contributed by atoms with Crippen molar-refractivity contribution in [1.29, 1.82) is 0 Å². The first-order valence-corrected chi connectivity index (χ1v) is 6.68. The number of hydrogen-bond donors (Lipinski definition) is 2. The van der Waals surface area contributed by atoms with Gasteiger partial charge in [0.15, 0.2) is 0 Å². The summed E-state index contributed by atoms with van der Waals surface area (Å²) in [5, 5.41) is 0. The molecule has 20 heavy (non-hydrogen) atoms. The SMILES string of the molecule is CN(CC(=O)N1CCCC1)c1c(N)cccc1C(N)=O. The quantitative estimate of drug-likeness (QED) is 0.780. The molecule has 1 fully saturated rings. The molecule has 4 N–H and O–H groups in total. The molecule has 1 aromatic carbocycles. The third-order valence-electron chi connectivity index (χ3n) is 3.55. The minimum absolute atomic E-state index is 0.0451. The molecule has 0 atom stereocenters. The summed E-state index contributed by atoms with van der Waals surface area (Å²) in [6.45, 7) is 1.80. The summed E-state index contributed by atoms with van der Waals surface area (Å²) in [6, 6.07) is 4.98. The second-order valence-corrected chi connectivity index (χ2v) is 5.05. The molecule has 0 aliphatic carbocycles. The van der Waals surface area contributed by atoms with Crippen LogP contribution in [0.3, 0.4) is 0 Å². The Morgan fingerprint density at radius 1 is 1.30 bits per heavy atom. The highest BCUT2D eigenvalue weighted by Crippen LogP contribution is 2.26. The van der Waals surface area contributed by atoms with E-state index < -0.39 is 5.91 Å². The molecule has 0 radical (unpaired) electrons. The van der Waals surface area contributed by atoms with Crippen molar-refractivity contribution in [1.82, 2.24) is 4.90 Å². The Labute approximate surface area is 118 Å². The van der Waals surface area contributed by atoms with Gasteiger partial charge in [0.1, 0.15) is 0 Å². The van der Waals surface area contributed by atoms with Gasteiger partial charge in [-0.2, -0.15) is 0 Å². The molecule has 108 valence electrons. The highest BCUT2D eigenvalue weighted by molar-refractivity contribution is 6.02. The van der Waals surface area contributed by atoms with Crippen molar-refractivity contribution in [3.63, 3.8) is 0 Å². The largest absolute Gasteiger partial charge is 0.397 e. The lowest BCUT2D eigenvalue weighted by Crippen LogP contribution is -2.38. The maximum absolute atomic E-state index is 12.1. The molecule has 0 aromatic heterocycles. The molecule has 6 nitrogen and oxygen atoms in total. The highest BCUT2D eigenvalue weighted by atomic mass is 16.2. The lowest BCUT2D eigenvalue weighted by Gasteiger charge is -2.25. The Morgan fingerprint density at radius 3 is 2.55 bits per heavy atom. The number of para-hydroxylation sites is 1. The van der Waals surface area contributed by atoms with Crippen LogP contribution in [0, 0.1) is 0 Å². The van der Waals surface area contributed by atoms with Gasteiger partial charge in [0.25, 0.3) is 5.91 Å². The van der Waals surface area contributed by atoms with Crippen LogP contribution >= 0.6 is 0 Å². The number of likely N-dealkylation sites (N-methyl/N-ethyl adjacent to an activating group) is 1. The molecular weight excluding hydrogens is 256 g/mol. The molecule has 6 heteroatoms. The van der Waals surface area contributed by atoms with Crippen LogP contribution in [-0.2, 0) is 4.79 Å². The number of rotatable bonds is 4. The van der Waals surface area contributed by atoms with Crippen molar-refractivity contribution < 1.29 is 9.59 Å². The van der Waals surface area contributed by atoms with E-state index in [2.05, 4.69) is 0 Å². The zero-order valence-corrected chi connectivity index (χ0v) is 11.6. The number of benzene rings is 1. The van der Waals surface area contributed by atoms with E-state index in [0.717, 1.165) is 25.9 Å². The minimum atomic E-state index is -0.548. The van der Waals surface area contributed by atoms with Crippen LogP contribution in [0.25, 0.3) is 0 Å².